The standard InChI is InChI=1S/C35H42F3N5O5/c1-20-28(47-5)9-8-24-29(17-26(41-31(20)24)21-7-6-12-40-18-21)48-23-15-27(32(39)45)43(19-23)33(46)25(34(2,3)4)16-30(44)42-13-10-22(11-14-42)35(36,37)38/h6-9,12,17-18,22-23,25,27H,10-11,13-16,19H2,1-5H3,(H2,39,45)/t23?,25-,27+/m1/s1. The molecule has 1 aromatic carbocycles. The zero-order valence-corrected chi connectivity index (χ0v) is 27.8. The molecule has 258 valence electrons. The van der Waals surface area contributed by atoms with E-state index in [4.69, 9.17) is 20.2 Å². The number of nitrogens with zero attached hydrogens (tertiary/aromatic N) is 4. The Kier molecular flexibility index (Phi) is 9.89. The van der Waals surface area contributed by atoms with Crippen molar-refractivity contribution in [2.45, 2.75) is 71.7 Å². The van der Waals surface area contributed by atoms with Gasteiger partial charge in [-0.2, -0.15) is 13.2 Å². The van der Waals surface area contributed by atoms with Gasteiger partial charge < -0.3 is 25.0 Å². The molecule has 13 heteroatoms. The molecule has 0 saturated carbocycles. The van der Waals surface area contributed by atoms with E-state index in [1.54, 1.807) is 31.6 Å². The lowest BCUT2D eigenvalue weighted by atomic mass is 9.77. The molecule has 3 aromatic rings. The van der Waals surface area contributed by atoms with Crippen LogP contribution in [0, 0.1) is 24.2 Å². The molecule has 2 aliphatic heterocycles. The van der Waals surface area contributed by atoms with Crippen molar-refractivity contribution < 1.29 is 37.0 Å². The third-order valence-corrected chi connectivity index (χ3v) is 9.52. The summed E-state index contributed by atoms with van der Waals surface area (Å²) in [6.07, 6.45) is -1.95. The number of piperidine rings is 1. The van der Waals surface area contributed by atoms with Crippen LogP contribution in [0.15, 0.2) is 42.7 Å². The fourth-order valence-corrected chi connectivity index (χ4v) is 6.66. The van der Waals surface area contributed by atoms with E-state index < -0.39 is 47.4 Å². The maximum Gasteiger partial charge on any atom is 0.391 e. The Bertz CT molecular complexity index is 1670. The predicted octanol–water partition coefficient (Wildman–Crippen LogP) is 5.30. The zero-order chi connectivity index (χ0) is 35.0. The summed E-state index contributed by atoms with van der Waals surface area (Å²) in [6, 6.07) is 8.18. The van der Waals surface area contributed by atoms with Crippen LogP contribution in [0.4, 0.5) is 13.2 Å². The number of alkyl halides is 3. The molecule has 3 amide bonds. The lowest BCUT2D eigenvalue weighted by Gasteiger charge is -2.37. The van der Waals surface area contributed by atoms with Crippen LogP contribution in [0.25, 0.3) is 22.2 Å². The number of amides is 3. The molecule has 3 atom stereocenters. The van der Waals surface area contributed by atoms with Crippen LogP contribution in [0.5, 0.6) is 11.5 Å². The summed E-state index contributed by atoms with van der Waals surface area (Å²) in [5, 5.41) is 0.716. The van der Waals surface area contributed by atoms with Gasteiger partial charge in [-0.3, -0.25) is 19.4 Å². The van der Waals surface area contributed by atoms with E-state index in [0.717, 1.165) is 11.1 Å². The first-order valence-electron chi connectivity index (χ1n) is 16.1. The molecule has 10 nitrogen and oxygen atoms in total. The van der Waals surface area contributed by atoms with Crippen LogP contribution >= 0.6 is 0 Å². The second-order valence-electron chi connectivity index (χ2n) is 13.7. The number of halogens is 3. The SMILES string of the molecule is COc1ccc2c(OC3C[C@@H](C(N)=O)N(C(=O)[C@@H](CC(=O)N4CCC(C(F)(F)F)CC4)C(C)(C)C)C3)cc(-c3cccnc3)nc2c1C. The van der Waals surface area contributed by atoms with Crippen molar-refractivity contribution in [3.63, 3.8) is 0 Å². The van der Waals surface area contributed by atoms with Crippen molar-refractivity contribution in [1.82, 2.24) is 19.8 Å². The molecule has 2 fully saturated rings. The van der Waals surface area contributed by atoms with E-state index in [1.165, 1.54) is 9.80 Å². The third kappa shape index (κ3) is 7.34. The predicted molar refractivity (Wildman–Crippen MR) is 173 cm³/mol. The van der Waals surface area contributed by atoms with Crippen molar-refractivity contribution in [3.05, 3.63) is 48.3 Å². The summed E-state index contributed by atoms with van der Waals surface area (Å²) in [6.45, 7) is 7.36. The number of carbonyl (C=O) groups is 3. The first-order chi connectivity index (χ1) is 22.6. The van der Waals surface area contributed by atoms with Crippen LogP contribution in [-0.2, 0) is 14.4 Å². The van der Waals surface area contributed by atoms with E-state index in [0.29, 0.717) is 28.1 Å². The Morgan fingerprint density at radius 2 is 1.79 bits per heavy atom. The lowest BCUT2D eigenvalue weighted by Crippen LogP contribution is -2.50. The highest BCUT2D eigenvalue weighted by atomic mass is 19.4. The van der Waals surface area contributed by atoms with Crippen LogP contribution in [0.3, 0.4) is 0 Å². The molecule has 4 heterocycles. The van der Waals surface area contributed by atoms with Crippen molar-refractivity contribution in [2.75, 3.05) is 26.7 Å². The number of likely N-dealkylation sites (tertiary alicyclic amines) is 2. The normalized spacial score (nSPS) is 19.8. The van der Waals surface area contributed by atoms with Crippen molar-refractivity contribution in [3.8, 4) is 22.8 Å². The van der Waals surface area contributed by atoms with Gasteiger partial charge in [-0.05, 0) is 49.4 Å². The third-order valence-electron chi connectivity index (χ3n) is 9.52. The summed E-state index contributed by atoms with van der Waals surface area (Å²) in [5.74, 6) is -2.64. The van der Waals surface area contributed by atoms with Crippen molar-refractivity contribution in [2.24, 2.45) is 23.0 Å². The average molecular weight is 670 g/mol. The van der Waals surface area contributed by atoms with Gasteiger partial charge in [-0.25, -0.2) is 4.98 Å². The second-order valence-corrected chi connectivity index (χ2v) is 13.7. The molecule has 48 heavy (non-hydrogen) atoms. The number of aryl methyl sites for hydroxylation is 1. The van der Waals surface area contributed by atoms with E-state index in [1.807, 2.05) is 45.9 Å². The number of fused-ring (bicyclic) bond motifs is 1. The minimum atomic E-state index is -4.30. The number of carbonyl (C=O) groups excluding carboxylic acids is 3. The molecule has 2 aliphatic rings. The molecule has 1 unspecified atom stereocenters. The van der Waals surface area contributed by atoms with Gasteiger partial charge in [0.15, 0.2) is 0 Å². The minimum absolute atomic E-state index is 0.0239. The molecule has 2 N–H and O–H groups in total. The van der Waals surface area contributed by atoms with Crippen LogP contribution in [0.2, 0.25) is 0 Å². The molecular formula is C35H42F3N5O5. The molecule has 0 spiro atoms. The molecule has 5 rings (SSSR count). The summed E-state index contributed by atoms with van der Waals surface area (Å²) < 4.78 is 51.7. The summed E-state index contributed by atoms with van der Waals surface area (Å²) in [5.41, 5.74) is 7.97. The Labute approximate surface area is 277 Å². The highest BCUT2D eigenvalue weighted by molar-refractivity contribution is 5.93. The van der Waals surface area contributed by atoms with Gasteiger partial charge in [0.25, 0.3) is 0 Å². The fraction of sp³-hybridized carbons (Fsp3) is 0.514. The monoisotopic (exact) mass is 669 g/mol. The number of rotatable bonds is 8. The Balaban J connectivity index is 1.39. The highest BCUT2D eigenvalue weighted by Crippen LogP contribution is 2.39. The number of hydrogen-bond acceptors (Lipinski definition) is 7. The summed E-state index contributed by atoms with van der Waals surface area (Å²) >= 11 is 0. The molecule has 0 radical (unpaired) electrons. The van der Waals surface area contributed by atoms with Gasteiger partial charge in [-0.1, -0.05) is 20.8 Å². The quantitative estimate of drug-likeness (QED) is 0.345. The molecule has 2 saturated heterocycles. The highest BCUT2D eigenvalue weighted by Gasteiger charge is 2.46. The van der Waals surface area contributed by atoms with Gasteiger partial charge in [0.1, 0.15) is 23.6 Å². The Morgan fingerprint density at radius 3 is 2.38 bits per heavy atom. The zero-order valence-electron chi connectivity index (χ0n) is 27.8. The number of hydrogen-bond donors (Lipinski definition) is 1. The van der Waals surface area contributed by atoms with E-state index in [2.05, 4.69) is 4.98 Å². The minimum Gasteiger partial charge on any atom is -0.496 e. The Morgan fingerprint density at radius 1 is 1.08 bits per heavy atom. The van der Waals surface area contributed by atoms with Gasteiger partial charge in [0.2, 0.25) is 17.7 Å². The topological polar surface area (TPSA) is 128 Å². The van der Waals surface area contributed by atoms with Gasteiger partial charge in [0.05, 0.1) is 36.7 Å². The first-order valence-corrected chi connectivity index (χ1v) is 16.1. The summed E-state index contributed by atoms with van der Waals surface area (Å²) in [7, 11) is 1.58. The van der Waals surface area contributed by atoms with E-state index in [9.17, 15) is 27.6 Å². The number of nitrogens with two attached hydrogens (primary N) is 1. The Hall–Kier alpha value is -4.42. The number of ether oxygens (including phenoxy) is 2. The van der Waals surface area contributed by atoms with Crippen LogP contribution < -0.4 is 15.2 Å². The van der Waals surface area contributed by atoms with E-state index >= 15 is 0 Å². The van der Waals surface area contributed by atoms with Gasteiger partial charge in [-0.15, -0.1) is 0 Å². The van der Waals surface area contributed by atoms with Crippen molar-refractivity contribution >= 4 is 28.6 Å². The average Bonchev–Trinajstić information content (AvgIpc) is 3.47. The van der Waals surface area contributed by atoms with Crippen molar-refractivity contribution in [1.29, 1.82) is 0 Å². The molecular weight excluding hydrogens is 627 g/mol. The van der Waals surface area contributed by atoms with Crippen LogP contribution in [-0.4, -0.2) is 82.6 Å². The smallest absolute Gasteiger partial charge is 0.391 e. The number of primary amides is 1. The maximum atomic E-state index is 14.2. The summed E-state index contributed by atoms with van der Waals surface area (Å²) in [4.78, 5) is 52.1. The molecule has 0 aliphatic carbocycles. The van der Waals surface area contributed by atoms with Crippen LogP contribution in [0.1, 0.15) is 52.0 Å². The van der Waals surface area contributed by atoms with Gasteiger partial charge in [0, 0.05) is 60.9 Å². The molecule has 0 bridgehead atoms. The van der Waals surface area contributed by atoms with E-state index in [-0.39, 0.29) is 51.2 Å². The lowest BCUT2D eigenvalue weighted by molar-refractivity contribution is -0.186. The maximum absolute atomic E-state index is 14.2. The largest absolute Gasteiger partial charge is 0.496 e. The van der Waals surface area contributed by atoms with Gasteiger partial charge >= 0.3 is 6.18 Å². The number of pyridine rings is 2. The second kappa shape index (κ2) is 13.6. The first kappa shape index (κ1) is 34.9. The number of methoxy groups -OCH3 is 1. The number of aromatic nitrogens is 2. The fourth-order valence-electron chi connectivity index (χ4n) is 6.66. The number of benzene rings is 1. The molecule has 2 aromatic heterocycles.